The lowest BCUT2D eigenvalue weighted by Crippen LogP contribution is -2.30. The summed E-state index contributed by atoms with van der Waals surface area (Å²) in [5.41, 5.74) is 2.31. The number of benzene rings is 2. The number of carbonyl (C=O) groups is 2. The average molecular weight is 493 g/mol. The molecule has 4 aromatic rings. The summed E-state index contributed by atoms with van der Waals surface area (Å²) in [5.74, 6) is -0.732. The molecular weight excluding hydrogens is 469 g/mol. The van der Waals surface area contributed by atoms with Gasteiger partial charge in [0.25, 0.3) is 11.8 Å². The normalized spacial score (nSPS) is 14.4. The van der Waals surface area contributed by atoms with Crippen LogP contribution in [-0.4, -0.2) is 21.2 Å². The molecule has 2 aromatic heterocycles. The number of amides is 2. The average Bonchev–Trinajstić information content (AvgIpc) is 3.61. The van der Waals surface area contributed by atoms with Crippen molar-refractivity contribution < 1.29 is 22.8 Å². The molecule has 0 bridgehead atoms. The van der Waals surface area contributed by atoms with E-state index in [0.29, 0.717) is 17.0 Å². The summed E-state index contributed by atoms with van der Waals surface area (Å²) in [5, 5.41) is 5.84. The predicted octanol–water partition coefficient (Wildman–Crippen LogP) is 5.79. The Balaban J connectivity index is 1.38. The van der Waals surface area contributed by atoms with Crippen LogP contribution in [0, 0.1) is 12.8 Å². The molecule has 2 amide bonds. The first-order valence-corrected chi connectivity index (χ1v) is 11.5. The number of nitrogens with zero attached hydrogens (tertiary/aromatic N) is 2. The van der Waals surface area contributed by atoms with Crippen LogP contribution in [0.4, 0.5) is 18.9 Å². The van der Waals surface area contributed by atoms with Gasteiger partial charge in [0.1, 0.15) is 11.3 Å². The third-order valence-corrected chi connectivity index (χ3v) is 6.35. The molecule has 0 spiro atoms. The highest BCUT2D eigenvalue weighted by atomic mass is 19.4. The molecule has 1 fully saturated rings. The Morgan fingerprint density at radius 3 is 2.58 bits per heavy atom. The van der Waals surface area contributed by atoms with Gasteiger partial charge in [-0.3, -0.25) is 14.0 Å². The number of pyridine rings is 1. The molecule has 1 atom stereocenters. The van der Waals surface area contributed by atoms with Gasteiger partial charge < -0.3 is 10.6 Å². The number of halogens is 3. The molecule has 1 saturated carbocycles. The zero-order valence-corrected chi connectivity index (χ0v) is 19.3. The maximum Gasteiger partial charge on any atom is 0.416 e. The highest BCUT2D eigenvalue weighted by Gasteiger charge is 2.35. The SMILES string of the molecule is Cc1ccc(C(NC(=O)c2cccc(C(F)(F)F)c2)C2CC2)cc1NC(=O)c1cnc2ccccn12. The van der Waals surface area contributed by atoms with Crippen LogP contribution in [0.25, 0.3) is 5.65 Å². The van der Waals surface area contributed by atoms with Gasteiger partial charge >= 0.3 is 6.18 Å². The van der Waals surface area contributed by atoms with E-state index in [0.717, 1.165) is 36.1 Å². The molecule has 184 valence electrons. The van der Waals surface area contributed by atoms with Crippen molar-refractivity contribution in [3.63, 3.8) is 0 Å². The molecule has 1 unspecified atom stereocenters. The number of rotatable bonds is 6. The van der Waals surface area contributed by atoms with E-state index in [1.165, 1.54) is 18.3 Å². The molecule has 0 aliphatic heterocycles. The Kier molecular flexibility index (Phi) is 5.99. The van der Waals surface area contributed by atoms with Gasteiger partial charge in [0.05, 0.1) is 17.8 Å². The van der Waals surface area contributed by atoms with Gasteiger partial charge in [-0.05, 0) is 73.2 Å². The van der Waals surface area contributed by atoms with Crippen LogP contribution < -0.4 is 10.6 Å². The molecule has 6 nitrogen and oxygen atoms in total. The van der Waals surface area contributed by atoms with E-state index >= 15 is 0 Å². The van der Waals surface area contributed by atoms with E-state index in [9.17, 15) is 22.8 Å². The lowest BCUT2D eigenvalue weighted by molar-refractivity contribution is -0.137. The molecule has 0 saturated heterocycles. The van der Waals surface area contributed by atoms with Crippen LogP contribution in [0.2, 0.25) is 0 Å². The summed E-state index contributed by atoms with van der Waals surface area (Å²) in [6.07, 6.45) is 0.520. The fraction of sp³-hybridized carbons (Fsp3) is 0.222. The van der Waals surface area contributed by atoms with Crippen molar-refractivity contribution >= 4 is 23.1 Å². The van der Waals surface area contributed by atoms with E-state index in [4.69, 9.17) is 0 Å². The number of anilines is 1. The van der Waals surface area contributed by atoms with E-state index < -0.39 is 17.6 Å². The first kappa shape index (κ1) is 23.6. The van der Waals surface area contributed by atoms with Crippen LogP contribution in [-0.2, 0) is 6.18 Å². The number of alkyl halides is 3. The van der Waals surface area contributed by atoms with E-state index in [2.05, 4.69) is 15.6 Å². The van der Waals surface area contributed by atoms with Gasteiger partial charge in [-0.2, -0.15) is 13.2 Å². The standard InChI is InChI=1S/C27H23F3N4O2/c1-16-8-9-18(14-21(16)32-26(36)22-15-31-23-7-2-3-12-34(22)23)24(17-10-11-17)33-25(35)19-5-4-6-20(13-19)27(28,29)30/h2-9,12-15,17,24H,10-11H2,1H3,(H,32,36)(H,33,35). The summed E-state index contributed by atoms with van der Waals surface area (Å²) in [6, 6.07) is 15.0. The van der Waals surface area contributed by atoms with Crippen molar-refractivity contribution in [3.8, 4) is 0 Å². The summed E-state index contributed by atoms with van der Waals surface area (Å²) in [6.45, 7) is 1.86. The molecular formula is C27H23F3N4O2. The number of aromatic nitrogens is 2. The Morgan fingerprint density at radius 1 is 1.03 bits per heavy atom. The zero-order chi connectivity index (χ0) is 25.4. The minimum atomic E-state index is -4.53. The lowest BCUT2D eigenvalue weighted by Gasteiger charge is -2.21. The second kappa shape index (κ2) is 9.14. The maximum atomic E-state index is 13.1. The van der Waals surface area contributed by atoms with Crippen molar-refractivity contribution in [2.75, 3.05) is 5.32 Å². The van der Waals surface area contributed by atoms with Crippen molar-refractivity contribution in [1.82, 2.24) is 14.7 Å². The highest BCUT2D eigenvalue weighted by molar-refractivity contribution is 6.04. The van der Waals surface area contributed by atoms with Crippen molar-refractivity contribution in [3.05, 3.63) is 101 Å². The first-order valence-electron chi connectivity index (χ1n) is 11.5. The third-order valence-electron chi connectivity index (χ3n) is 6.35. The molecule has 36 heavy (non-hydrogen) atoms. The lowest BCUT2D eigenvalue weighted by atomic mass is 9.99. The Bertz CT molecular complexity index is 1460. The quantitative estimate of drug-likeness (QED) is 0.358. The van der Waals surface area contributed by atoms with Crippen LogP contribution in [0.15, 0.2) is 73.1 Å². The van der Waals surface area contributed by atoms with Gasteiger partial charge in [0.2, 0.25) is 0 Å². The predicted molar refractivity (Wildman–Crippen MR) is 129 cm³/mol. The number of hydrogen-bond acceptors (Lipinski definition) is 3. The number of imidazole rings is 1. The number of hydrogen-bond donors (Lipinski definition) is 2. The third kappa shape index (κ3) is 4.82. The minimum Gasteiger partial charge on any atom is -0.345 e. The summed E-state index contributed by atoms with van der Waals surface area (Å²) in [4.78, 5) is 30.2. The Hall–Kier alpha value is -4.14. The first-order chi connectivity index (χ1) is 17.2. The molecule has 9 heteroatoms. The highest BCUT2D eigenvalue weighted by Crippen LogP contribution is 2.42. The molecule has 1 aliphatic rings. The van der Waals surface area contributed by atoms with E-state index in [-0.39, 0.29) is 23.4 Å². The van der Waals surface area contributed by atoms with Crippen molar-refractivity contribution in [2.45, 2.75) is 32.0 Å². The molecule has 2 heterocycles. The number of nitrogens with one attached hydrogen (secondary N) is 2. The van der Waals surface area contributed by atoms with Crippen LogP contribution in [0.5, 0.6) is 0 Å². The smallest absolute Gasteiger partial charge is 0.345 e. The van der Waals surface area contributed by atoms with Crippen LogP contribution in [0.3, 0.4) is 0 Å². The molecule has 2 N–H and O–H groups in total. The Labute approximate surface area is 205 Å². The fourth-order valence-electron chi connectivity index (χ4n) is 4.22. The monoisotopic (exact) mass is 492 g/mol. The molecule has 2 aromatic carbocycles. The van der Waals surface area contributed by atoms with E-state index in [1.54, 1.807) is 16.7 Å². The minimum absolute atomic E-state index is 0.0521. The summed E-state index contributed by atoms with van der Waals surface area (Å²) < 4.78 is 41.0. The second-order valence-electron chi connectivity index (χ2n) is 8.97. The molecule has 0 radical (unpaired) electrons. The van der Waals surface area contributed by atoms with Gasteiger partial charge in [-0.15, -0.1) is 0 Å². The molecule has 1 aliphatic carbocycles. The number of aryl methyl sites for hydroxylation is 1. The van der Waals surface area contributed by atoms with Gasteiger partial charge in [-0.1, -0.05) is 24.3 Å². The zero-order valence-electron chi connectivity index (χ0n) is 19.3. The van der Waals surface area contributed by atoms with Crippen molar-refractivity contribution in [1.29, 1.82) is 0 Å². The molecule has 5 rings (SSSR count). The van der Waals surface area contributed by atoms with Gasteiger partial charge in [0.15, 0.2) is 0 Å². The Morgan fingerprint density at radius 2 is 1.83 bits per heavy atom. The summed E-state index contributed by atoms with van der Waals surface area (Å²) >= 11 is 0. The van der Waals surface area contributed by atoms with Crippen molar-refractivity contribution in [2.24, 2.45) is 5.92 Å². The number of fused-ring (bicyclic) bond motifs is 1. The van der Waals surface area contributed by atoms with Gasteiger partial charge in [-0.25, -0.2) is 4.98 Å². The van der Waals surface area contributed by atoms with Gasteiger partial charge in [0, 0.05) is 17.4 Å². The largest absolute Gasteiger partial charge is 0.416 e. The van der Waals surface area contributed by atoms with E-state index in [1.807, 2.05) is 37.3 Å². The topological polar surface area (TPSA) is 75.5 Å². The maximum absolute atomic E-state index is 13.1. The van der Waals surface area contributed by atoms with Crippen LogP contribution >= 0.6 is 0 Å². The number of carbonyl (C=O) groups excluding carboxylic acids is 2. The second-order valence-corrected chi connectivity index (χ2v) is 8.97. The van der Waals surface area contributed by atoms with Crippen LogP contribution in [0.1, 0.15) is 56.4 Å². The fourth-order valence-corrected chi connectivity index (χ4v) is 4.22. The summed E-state index contributed by atoms with van der Waals surface area (Å²) in [7, 11) is 0.